The number of benzene rings is 1. The molecule has 0 radical (unpaired) electrons. The van der Waals surface area contributed by atoms with Crippen molar-refractivity contribution in [2.45, 2.75) is 12.5 Å². The minimum absolute atomic E-state index is 0.331. The van der Waals surface area contributed by atoms with Crippen LogP contribution in [0.3, 0.4) is 0 Å². The molecule has 0 bridgehead atoms. The zero-order valence-corrected chi connectivity index (χ0v) is 11.5. The molecule has 0 aliphatic heterocycles. The first kappa shape index (κ1) is 14.0. The van der Waals surface area contributed by atoms with Gasteiger partial charge in [-0.2, -0.15) is 0 Å². The van der Waals surface area contributed by atoms with Crippen molar-refractivity contribution in [3.05, 3.63) is 63.9 Å². The van der Waals surface area contributed by atoms with E-state index < -0.39 is 11.9 Å². The van der Waals surface area contributed by atoms with Crippen molar-refractivity contribution in [3.8, 4) is 0 Å². The van der Waals surface area contributed by atoms with Gasteiger partial charge in [-0.25, -0.2) is 8.78 Å². The number of nitrogens with one attached hydrogen (secondary N) is 1. The summed E-state index contributed by atoms with van der Waals surface area (Å²) in [7, 11) is 0. The second kappa shape index (κ2) is 6.18. The van der Waals surface area contributed by atoms with Crippen LogP contribution >= 0.6 is 15.9 Å². The van der Waals surface area contributed by atoms with Crippen LogP contribution in [0.4, 0.5) is 8.78 Å². The van der Waals surface area contributed by atoms with Crippen molar-refractivity contribution in [3.63, 3.8) is 0 Å². The molecule has 3 nitrogen and oxygen atoms in total. The highest BCUT2D eigenvalue weighted by Crippen LogP contribution is 2.25. The number of pyridine rings is 1. The van der Waals surface area contributed by atoms with Crippen LogP contribution in [0.2, 0.25) is 0 Å². The molecule has 1 heterocycles. The number of aromatic nitrogens is 1. The van der Waals surface area contributed by atoms with Gasteiger partial charge in [0.2, 0.25) is 0 Å². The third-order valence-corrected chi connectivity index (χ3v) is 3.56. The Kier molecular flexibility index (Phi) is 4.57. The first-order valence-electron chi connectivity index (χ1n) is 5.61. The fourth-order valence-corrected chi connectivity index (χ4v) is 2.35. The normalized spacial score (nSPS) is 12.4. The van der Waals surface area contributed by atoms with Gasteiger partial charge in [-0.15, -0.1) is 0 Å². The molecule has 1 aromatic heterocycles. The lowest BCUT2D eigenvalue weighted by atomic mass is 10.00. The Bertz CT molecular complexity index is 578. The van der Waals surface area contributed by atoms with E-state index in [4.69, 9.17) is 5.84 Å². The van der Waals surface area contributed by atoms with Gasteiger partial charge in [0.1, 0.15) is 11.6 Å². The third-order valence-electron chi connectivity index (χ3n) is 2.82. The molecule has 2 aromatic rings. The summed E-state index contributed by atoms with van der Waals surface area (Å²) >= 11 is 3.28. The van der Waals surface area contributed by atoms with Crippen molar-refractivity contribution in [1.29, 1.82) is 0 Å². The van der Waals surface area contributed by atoms with Crippen molar-refractivity contribution >= 4 is 15.9 Å². The van der Waals surface area contributed by atoms with E-state index >= 15 is 0 Å². The van der Waals surface area contributed by atoms with Crippen molar-refractivity contribution in [2.75, 3.05) is 0 Å². The van der Waals surface area contributed by atoms with E-state index in [-0.39, 0.29) is 5.82 Å². The first-order valence-corrected chi connectivity index (χ1v) is 6.40. The Hall–Kier alpha value is -1.37. The molecule has 1 aromatic carbocycles. The fourth-order valence-electron chi connectivity index (χ4n) is 1.83. The molecule has 19 heavy (non-hydrogen) atoms. The van der Waals surface area contributed by atoms with E-state index in [1.807, 2.05) is 0 Å². The number of hydrazine groups is 1. The molecule has 0 aliphatic rings. The molecule has 0 saturated carbocycles. The van der Waals surface area contributed by atoms with Crippen LogP contribution in [0.5, 0.6) is 0 Å². The molecule has 0 fully saturated rings. The minimum atomic E-state index is -0.427. The molecule has 3 N–H and O–H groups in total. The standard InChI is InChI=1S/C13H12BrF2N3/c14-11-6-9(15)2-1-8(11)5-13(19-17)10-3-4-18-7-12(10)16/h1-4,6-7,13,19H,5,17H2. The molecule has 100 valence electrons. The molecule has 0 aliphatic carbocycles. The minimum Gasteiger partial charge on any atom is -0.271 e. The van der Waals surface area contributed by atoms with E-state index in [9.17, 15) is 8.78 Å². The topological polar surface area (TPSA) is 50.9 Å². The van der Waals surface area contributed by atoms with Crippen LogP contribution in [0, 0.1) is 11.6 Å². The fraction of sp³-hybridized carbons (Fsp3) is 0.154. The molecule has 1 unspecified atom stereocenters. The number of nitrogens with two attached hydrogens (primary N) is 1. The molecule has 6 heteroatoms. The summed E-state index contributed by atoms with van der Waals surface area (Å²) in [6, 6.07) is 5.52. The lowest BCUT2D eigenvalue weighted by molar-refractivity contribution is 0.507. The second-order valence-corrected chi connectivity index (χ2v) is 4.91. The first-order chi connectivity index (χ1) is 9.11. The summed E-state index contributed by atoms with van der Waals surface area (Å²) < 4.78 is 27.3. The van der Waals surface area contributed by atoms with Gasteiger partial charge in [-0.3, -0.25) is 16.3 Å². The van der Waals surface area contributed by atoms with E-state index in [0.29, 0.717) is 16.5 Å². The van der Waals surface area contributed by atoms with E-state index in [2.05, 4.69) is 26.3 Å². The Labute approximate surface area is 117 Å². The highest BCUT2D eigenvalue weighted by molar-refractivity contribution is 9.10. The Morgan fingerprint density at radius 3 is 2.74 bits per heavy atom. The smallest absolute Gasteiger partial charge is 0.146 e. The summed E-state index contributed by atoms with van der Waals surface area (Å²) in [5, 5.41) is 0. The summed E-state index contributed by atoms with van der Waals surface area (Å²) in [6.45, 7) is 0. The molecule has 0 saturated heterocycles. The van der Waals surface area contributed by atoms with Crippen LogP contribution in [0.25, 0.3) is 0 Å². The van der Waals surface area contributed by atoms with Crippen molar-refractivity contribution in [2.24, 2.45) is 5.84 Å². The van der Waals surface area contributed by atoms with Gasteiger partial charge in [-0.05, 0) is 30.2 Å². The van der Waals surface area contributed by atoms with Gasteiger partial charge < -0.3 is 0 Å². The van der Waals surface area contributed by atoms with Crippen molar-refractivity contribution < 1.29 is 8.78 Å². The molecular weight excluding hydrogens is 316 g/mol. The maximum Gasteiger partial charge on any atom is 0.146 e. The number of halogens is 3. The van der Waals surface area contributed by atoms with Gasteiger partial charge in [0.15, 0.2) is 0 Å². The molecule has 1 atom stereocenters. The van der Waals surface area contributed by atoms with Crippen molar-refractivity contribution in [1.82, 2.24) is 10.4 Å². The zero-order valence-electron chi connectivity index (χ0n) is 9.91. The van der Waals surface area contributed by atoms with E-state index in [0.717, 1.165) is 11.8 Å². The summed E-state index contributed by atoms with van der Waals surface area (Å²) in [6.07, 6.45) is 3.07. The highest BCUT2D eigenvalue weighted by Gasteiger charge is 2.16. The zero-order chi connectivity index (χ0) is 13.8. The molecule has 0 amide bonds. The number of hydrogen-bond donors (Lipinski definition) is 2. The van der Waals surface area contributed by atoms with Gasteiger partial charge in [-0.1, -0.05) is 22.0 Å². The Balaban J connectivity index is 2.27. The maximum absolute atomic E-state index is 13.7. The molecule has 2 rings (SSSR count). The quantitative estimate of drug-likeness (QED) is 0.670. The summed E-state index contributed by atoms with van der Waals surface area (Å²) in [5.74, 6) is 4.72. The van der Waals surface area contributed by atoms with Gasteiger partial charge in [0, 0.05) is 16.2 Å². The maximum atomic E-state index is 13.7. The Morgan fingerprint density at radius 1 is 1.32 bits per heavy atom. The SMILES string of the molecule is NNC(Cc1ccc(F)cc1Br)c1ccncc1F. The average molecular weight is 328 g/mol. The number of hydrogen-bond acceptors (Lipinski definition) is 3. The molecular formula is C13H12BrF2N3. The van der Waals surface area contributed by atoms with E-state index in [1.165, 1.54) is 18.3 Å². The third kappa shape index (κ3) is 3.34. The second-order valence-electron chi connectivity index (χ2n) is 4.06. The van der Waals surface area contributed by atoms with Crippen LogP contribution in [0.15, 0.2) is 41.1 Å². The predicted molar refractivity (Wildman–Crippen MR) is 72.1 cm³/mol. The van der Waals surface area contributed by atoms with Crippen LogP contribution in [-0.4, -0.2) is 4.98 Å². The monoisotopic (exact) mass is 327 g/mol. The van der Waals surface area contributed by atoms with Crippen LogP contribution < -0.4 is 11.3 Å². The number of rotatable bonds is 4. The number of nitrogens with zero attached hydrogens (tertiary/aromatic N) is 1. The largest absolute Gasteiger partial charge is 0.271 e. The van der Waals surface area contributed by atoms with E-state index in [1.54, 1.807) is 12.1 Å². The van der Waals surface area contributed by atoms with Gasteiger partial charge in [0.05, 0.1) is 12.2 Å². The Morgan fingerprint density at radius 2 is 2.11 bits per heavy atom. The summed E-state index contributed by atoms with van der Waals surface area (Å²) in [5.41, 5.74) is 3.83. The average Bonchev–Trinajstić information content (AvgIpc) is 2.39. The van der Waals surface area contributed by atoms with Crippen LogP contribution in [0.1, 0.15) is 17.2 Å². The summed E-state index contributed by atoms with van der Waals surface area (Å²) in [4.78, 5) is 3.70. The van der Waals surface area contributed by atoms with Gasteiger partial charge >= 0.3 is 0 Å². The lowest BCUT2D eigenvalue weighted by Gasteiger charge is -2.17. The lowest BCUT2D eigenvalue weighted by Crippen LogP contribution is -2.30. The highest BCUT2D eigenvalue weighted by atomic mass is 79.9. The predicted octanol–water partition coefficient (Wildman–Crippen LogP) is 2.87. The molecule has 0 spiro atoms. The van der Waals surface area contributed by atoms with Crippen LogP contribution in [-0.2, 0) is 6.42 Å². The van der Waals surface area contributed by atoms with Gasteiger partial charge in [0.25, 0.3) is 0 Å².